The van der Waals surface area contributed by atoms with Crippen LogP contribution in [0.2, 0.25) is 0 Å². The van der Waals surface area contributed by atoms with E-state index in [1.54, 1.807) is 25.1 Å². The molecule has 0 N–H and O–H groups in total. The van der Waals surface area contributed by atoms with E-state index >= 15 is 0 Å². The van der Waals surface area contributed by atoms with Crippen LogP contribution in [0.15, 0.2) is 81.7 Å². The van der Waals surface area contributed by atoms with Crippen molar-refractivity contribution in [1.82, 2.24) is 9.38 Å². The maximum atomic E-state index is 13.3. The van der Waals surface area contributed by atoms with Crippen LogP contribution in [0.3, 0.4) is 0 Å². The van der Waals surface area contributed by atoms with Gasteiger partial charge in [-0.2, -0.15) is 0 Å². The standard InChI is InChI=1S/C25H20N2O3/c1-4-18(23(28)22-16(2)14-20-12-8-9-13-27(20)22)15-21-17(3)26-24(30-25(21)29)19-10-6-5-7-11-19/h4-15H,3H2,1-2H3/b18-4+,21-15+. The van der Waals surface area contributed by atoms with Crippen LogP contribution in [0.1, 0.15) is 23.0 Å². The van der Waals surface area contributed by atoms with Crippen LogP contribution in [-0.4, -0.2) is 15.2 Å². The highest BCUT2D eigenvalue weighted by molar-refractivity contribution is 6.14. The van der Waals surface area contributed by atoms with Crippen molar-refractivity contribution >= 4 is 24.0 Å². The van der Waals surface area contributed by atoms with Crippen molar-refractivity contribution in [3.8, 4) is 11.5 Å². The van der Waals surface area contributed by atoms with Crippen LogP contribution in [0.5, 0.6) is 0 Å². The molecule has 0 atom stereocenters. The Balaban J connectivity index is 1.82. The SMILES string of the molecule is C=c1nc(-c2ccccc2)oc(=O)/c1=C/C(=C\C)C(=O)c1c(C)cc2ccccn12. The zero-order valence-corrected chi connectivity index (χ0v) is 16.8. The molecule has 0 amide bonds. The molecule has 4 rings (SSSR count). The molecule has 0 aliphatic heterocycles. The molecule has 0 saturated heterocycles. The molecule has 3 aromatic heterocycles. The van der Waals surface area contributed by atoms with Crippen molar-refractivity contribution in [1.29, 1.82) is 0 Å². The number of pyridine rings is 1. The second kappa shape index (κ2) is 7.79. The van der Waals surface area contributed by atoms with E-state index in [1.807, 2.05) is 60.0 Å². The number of aromatic nitrogens is 2. The van der Waals surface area contributed by atoms with Crippen molar-refractivity contribution < 1.29 is 9.21 Å². The number of Topliss-reactive ketones (excluding diaryl/α,β-unsaturated/α-hetero) is 1. The molecule has 0 radical (unpaired) electrons. The summed E-state index contributed by atoms with van der Waals surface area (Å²) in [5.41, 5.74) is 2.81. The van der Waals surface area contributed by atoms with Crippen LogP contribution < -0.4 is 16.2 Å². The summed E-state index contributed by atoms with van der Waals surface area (Å²) in [6, 6.07) is 16.8. The normalized spacial score (nSPS) is 12.5. The number of nitrogens with zero attached hydrogens (tertiary/aromatic N) is 2. The van der Waals surface area contributed by atoms with E-state index in [9.17, 15) is 9.59 Å². The summed E-state index contributed by atoms with van der Waals surface area (Å²) in [5.74, 6) is 0.0108. The van der Waals surface area contributed by atoms with E-state index < -0.39 is 5.63 Å². The summed E-state index contributed by atoms with van der Waals surface area (Å²) >= 11 is 0. The summed E-state index contributed by atoms with van der Waals surface area (Å²) in [6.45, 7) is 7.55. The lowest BCUT2D eigenvalue weighted by Gasteiger charge is -2.05. The Bertz CT molecular complexity index is 1420. The van der Waals surface area contributed by atoms with Gasteiger partial charge in [0, 0.05) is 22.9 Å². The first-order valence-electron chi connectivity index (χ1n) is 9.54. The van der Waals surface area contributed by atoms with Gasteiger partial charge in [0.15, 0.2) is 0 Å². The predicted molar refractivity (Wildman–Crippen MR) is 118 cm³/mol. The third-order valence-corrected chi connectivity index (χ3v) is 4.94. The molecule has 0 aliphatic carbocycles. The molecule has 1 aromatic carbocycles. The summed E-state index contributed by atoms with van der Waals surface area (Å²) in [5, 5.41) is 0.420. The molecule has 0 saturated carbocycles. The van der Waals surface area contributed by atoms with E-state index in [-0.39, 0.29) is 22.2 Å². The van der Waals surface area contributed by atoms with E-state index in [4.69, 9.17) is 4.42 Å². The van der Waals surface area contributed by atoms with Crippen molar-refractivity contribution in [2.75, 3.05) is 0 Å². The second-order valence-corrected chi connectivity index (χ2v) is 6.92. The zero-order chi connectivity index (χ0) is 21.3. The fraction of sp³-hybridized carbons (Fsp3) is 0.0800. The van der Waals surface area contributed by atoms with E-state index in [0.717, 1.165) is 11.1 Å². The first-order valence-corrected chi connectivity index (χ1v) is 9.54. The van der Waals surface area contributed by atoms with Crippen LogP contribution >= 0.6 is 0 Å². The van der Waals surface area contributed by atoms with Gasteiger partial charge >= 0.3 is 5.63 Å². The number of allylic oxidation sites excluding steroid dienone is 2. The minimum atomic E-state index is -0.585. The molecule has 3 heterocycles. The summed E-state index contributed by atoms with van der Waals surface area (Å²) in [4.78, 5) is 30.3. The summed E-state index contributed by atoms with van der Waals surface area (Å²) < 4.78 is 7.25. The Morgan fingerprint density at radius 1 is 1.13 bits per heavy atom. The van der Waals surface area contributed by atoms with Crippen LogP contribution in [0.25, 0.3) is 29.6 Å². The number of carbonyl (C=O) groups is 1. The number of rotatable bonds is 4. The van der Waals surface area contributed by atoms with Crippen molar-refractivity contribution in [3.63, 3.8) is 0 Å². The lowest BCUT2D eigenvalue weighted by molar-refractivity contribution is 0.103. The topological polar surface area (TPSA) is 64.6 Å². The number of ketones is 1. The van der Waals surface area contributed by atoms with Gasteiger partial charge in [0.1, 0.15) is 0 Å². The van der Waals surface area contributed by atoms with Gasteiger partial charge in [-0.15, -0.1) is 0 Å². The van der Waals surface area contributed by atoms with Gasteiger partial charge in [0.25, 0.3) is 0 Å². The first-order chi connectivity index (χ1) is 14.5. The third-order valence-electron chi connectivity index (χ3n) is 4.94. The fourth-order valence-electron chi connectivity index (χ4n) is 3.43. The number of benzene rings is 1. The molecular formula is C25H20N2O3. The monoisotopic (exact) mass is 396 g/mol. The Hall–Kier alpha value is -3.99. The molecule has 5 heteroatoms. The molecule has 0 fully saturated rings. The first kappa shape index (κ1) is 19.3. The number of fused-ring (bicyclic) bond motifs is 1. The smallest absolute Gasteiger partial charge is 0.347 e. The average molecular weight is 396 g/mol. The zero-order valence-electron chi connectivity index (χ0n) is 16.8. The number of hydrogen-bond donors (Lipinski definition) is 0. The Morgan fingerprint density at radius 3 is 2.57 bits per heavy atom. The van der Waals surface area contributed by atoms with Crippen LogP contribution in [-0.2, 0) is 0 Å². The van der Waals surface area contributed by atoms with Gasteiger partial charge < -0.3 is 8.82 Å². The largest absolute Gasteiger partial charge is 0.403 e. The van der Waals surface area contributed by atoms with E-state index in [2.05, 4.69) is 11.6 Å². The van der Waals surface area contributed by atoms with Gasteiger partial charge in [-0.1, -0.05) is 36.9 Å². The highest BCUT2D eigenvalue weighted by atomic mass is 16.4. The third kappa shape index (κ3) is 3.42. The number of hydrogen-bond acceptors (Lipinski definition) is 4. The Kier molecular flexibility index (Phi) is 5.02. The minimum Gasteiger partial charge on any atom is -0.403 e. The Labute approximate surface area is 172 Å². The van der Waals surface area contributed by atoms with E-state index in [0.29, 0.717) is 16.8 Å². The molecular weight excluding hydrogens is 376 g/mol. The average Bonchev–Trinajstić information content (AvgIpc) is 3.09. The lowest BCUT2D eigenvalue weighted by atomic mass is 10.0. The molecule has 30 heavy (non-hydrogen) atoms. The second-order valence-electron chi connectivity index (χ2n) is 6.92. The van der Waals surface area contributed by atoms with Gasteiger partial charge in [-0.25, -0.2) is 9.78 Å². The maximum Gasteiger partial charge on any atom is 0.347 e. The van der Waals surface area contributed by atoms with Crippen LogP contribution in [0, 0.1) is 6.92 Å². The van der Waals surface area contributed by atoms with Crippen molar-refractivity contribution in [2.24, 2.45) is 0 Å². The molecule has 0 unspecified atom stereocenters. The molecule has 0 aliphatic rings. The molecule has 0 spiro atoms. The van der Waals surface area contributed by atoms with Crippen molar-refractivity contribution in [3.05, 3.63) is 105 Å². The summed E-state index contributed by atoms with van der Waals surface area (Å²) in [7, 11) is 0. The Morgan fingerprint density at radius 2 is 1.87 bits per heavy atom. The summed E-state index contributed by atoms with van der Waals surface area (Å²) in [6.07, 6.45) is 5.02. The van der Waals surface area contributed by atoms with Gasteiger partial charge in [0.05, 0.1) is 16.3 Å². The van der Waals surface area contributed by atoms with E-state index in [1.165, 1.54) is 6.08 Å². The molecule has 5 nitrogen and oxygen atoms in total. The van der Waals surface area contributed by atoms with Gasteiger partial charge in [-0.05, 0) is 55.8 Å². The molecule has 0 bridgehead atoms. The minimum absolute atomic E-state index is 0.162. The number of aryl methyl sites for hydroxylation is 1. The number of carbonyl (C=O) groups excluding carboxylic acids is 1. The highest BCUT2D eigenvalue weighted by Crippen LogP contribution is 2.19. The maximum absolute atomic E-state index is 13.3. The van der Waals surface area contributed by atoms with Crippen LogP contribution in [0.4, 0.5) is 0 Å². The van der Waals surface area contributed by atoms with Gasteiger partial charge in [0.2, 0.25) is 11.7 Å². The molecule has 4 aromatic rings. The van der Waals surface area contributed by atoms with Crippen molar-refractivity contribution in [2.45, 2.75) is 13.8 Å². The lowest BCUT2D eigenvalue weighted by Crippen LogP contribution is -2.40. The molecule has 148 valence electrons. The predicted octanol–water partition coefficient (Wildman–Crippen LogP) is 3.28. The van der Waals surface area contributed by atoms with Gasteiger partial charge in [-0.3, -0.25) is 4.79 Å². The highest BCUT2D eigenvalue weighted by Gasteiger charge is 2.18. The quantitative estimate of drug-likeness (QED) is 0.392. The fourth-order valence-corrected chi connectivity index (χ4v) is 3.43.